The molecular weight excluding hydrogens is 324 g/mol. The van der Waals surface area contributed by atoms with Crippen molar-refractivity contribution in [1.29, 1.82) is 0 Å². The van der Waals surface area contributed by atoms with Gasteiger partial charge in [0.05, 0.1) is 5.56 Å². The van der Waals surface area contributed by atoms with E-state index in [0.717, 1.165) is 18.4 Å². The molecule has 3 heteroatoms. The highest BCUT2D eigenvalue weighted by Crippen LogP contribution is 2.32. The second kappa shape index (κ2) is 8.05. The minimum absolute atomic E-state index is 0.0131. The van der Waals surface area contributed by atoms with Crippen molar-refractivity contribution in [2.75, 3.05) is 0 Å². The van der Waals surface area contributed by atoms with E-state index in [2.05, 4.69) is 19.1 Å². The summed E-state index contributed by atoms with van der Waals surface area (Å²) in [5, 5.41) is 10.6. The van der Waals surface area contributed by atoms with Crippen LogP contribution in [0.4, 0.5) is 0 Å². The van der Waals surface area contributed by atoms with Crippen LogP contribution in [0, 0.1) is 0 Å². The number of hydrogen-bond donors (Lipinski definition) is 1. The van der Waals surface area contributed by atoms with Gasteiger partial charge in [-0.05, 0) is 24.0 Å². The molecule has 0 saturated heterocycles. The molecule has 0 radical (unpaired) electrons. The van der Waals surface area contributed by atoms with E-state index in [0.29, 0.717) is 11.3 Å². The third kappa shape index (κ3) is 3.88. The number of rotatable bonds is 6. The van der Waals surface area contributed by atoms with Crippen LogP contribution in [0.15, 0.2) is 75.9 Å². The first-order valence-corrected chi connectivity index (χ1v) is 9.06. The maximum absolute atomic E-state index is 12.6. The molecule has 26 heavy (non-hydrogen) atoms. The van der Waals surface area contributed by atoms with Crippen molar-refractivity contribution in [2.45, 2.75) is 38.5 Å². The molecule has 134 valence electrons. The van der Waals surface area contributed by atoms with Gasteiger partial charge in [0.1, 0.15) is 11.5 Å². The van der Waals surface area contributed by atoms with Crippen molar-refractivity contribution in [2.24, 2.45) is 0 Å². The van der Waals surface area contributed by atoms with Crippen molar-refractivity contribution in [3.05, 3.63) is 99.6 Å². The Balaban J connectivity index is 1.92. The predicted molar refractivity (Wildman–Crippen MR) is 104 cm³/mol. The zero-order valence-electron chi connectivity index (χ0n) is 15.2. The third-order valence-electron chi connectivity index (χ3n) is 4.94. The van der Waals surface area contributed by atoms with E-state index in [1.165, 1.54) is 5.56 Å². The lowest BCUT2D eigenvalue weighted by Gasteiger charge is -2.17. The Hall–Kier alpha value is -2.81. The fraction of sp³-hybridized carbons (Fsp3) is 0.261. The number of hydrogen-bond acceptors (Lipinski definition) is 3. The van der Waals surface area contributed by atoms with Gasteiger partial charge >= 0.3 is 5.63 Å². The molecular formula is C23H24O3. The summed E-state index contributed by atoms with van der Waals surface area (Å²) in [6.45, 7) is 3.97. The minimum atomic E-state index is -0.456. The van der Waals surface area contributed by atoms with Gasteiger partial charge in [0.15, 0.2) is 0 Å². The lowest BCUT2D eigenvalue weighted by Crippen LogP contribution is -2.15. The van der Waals surface area contributed by atoms with E-state index < -0.39 is 5.63 Å². The molecule has 0 fully saturated rings. The van der Waals surface area contributed by atoms with Gasteiger partial charge in [-0.15, -0.1) is 0 Å². The summed E-state index contributed by atoms with van der Waals surface area (Å²) in [5.41, 5.74) is 2.01. The van der Waals surface area contributed by atoms with Gasteiger partial charge in [0.25, 0.3) is 0 Å². The Bertz CT molecular complexity index is 898. The van der Waals surface area contributed by atoms with Crippen LogP contribution in [-0.4, -0.2) is 5.11 Å². The van der Waals surface area contributed by atoms with Crippen LogP contribution in [0.5, 0.6) is 5.75 Å². The number of benzene rings is 2. The predicted octanol–water partition coefficient (Wildman–Crippen LogP) is 5.23. The molecule has 2 atom stereocenters. The second-order valence-corrected chi connectivity index (χ2v) is 6.66. The Morgan fingerprint density at radius 1 is 1.00 bits per heavy atom. The molecule has 0 bridgehead atoms. The highest BCUT2D eigenvalue weighted by Gasteiger charge is 2.22. The Morgan fingerprint density at radius 3 is 2.19 bits per heavy atom. The van der Waals surface area contributed by atoms with E-state index in [4.69, 9.17) is 4.42 Å². The Morgan fingerprint density at radius 2 is 1.62 bits per heavy atom. The van der Waals surface area contributed by atoms with E-state index in [9.17, 15) is 9.90 Å². The van der Waals surface area contributed by atoms with Crippen LogP contribution < -0.4 is 5.63 Å². The molecule has 0 unspecified atom stereocenters. The molecule has 0 aliphatic heterocycles. The zero-order valence-corrected chi connectivity index (χ0v) is 15.2. The van der Waals surface area contributed by atoms with Gasteiger partial charge in [-0.25, -0.2) is 4.79 Å². The molecule has 3 aromatic rings. The Labute approximate surface area is 153 Å². The number of aromatic hydroxyl groups is 1. The van der Waals surface area contributed by atoms with Gasteiger partial charge in [0.2, 0.25) is 0 Å². The quantitative estimate of drug-likeness (QED) is 0.663. The summed E-state index contributed by atoms with van der Waals surface area (Å²) in [5.74, 6) is 0.384. The molecule has 0 aliphatic rings. The van der Waals surface area contributed by atoms with Gasteiger partial charge in [0, 0.05) is 17.9 Å². The van der Waals surface area contributed by atoms with Crippen LogP contribution in [0.25, 0.3) is 0 Å². The van der Waals surface area contributed by atoms with Crippen molar-refractivity contribution in [3.63, 3.8) is 0 Å². The average Bonchev–Trinajstić information content (AvgIpc) is 2.67. The minimum Gasteiger partial charge on any atom is -0.507 e. The van der Waals surface area contributed by atoms with Crippen molar-refractivity contribution in [1.82, 2.24) is 0 Å². The maximum Gasteiger partial charge on any atom is 0.343 e. The van der Waals surface area contributed by atoms with Crippen molar-refractivity contribution < 1.29 is 9.52 Å². The summed E-state index contributed by atoms with van der Waals surface area (Å²) in [4.78, 5) is 12.6. The average molecular weight is 348 g/mol. The first-order valence-electron chi connectivity index (χ1n) is 9.06. The second-order valence-electron chi connectivity index (χ2n) is 6.66. The standard InChI is InChI=1S/C23H24O3/c1-3-18(14-17-10-6-4-7-11-17)21-15-20(24)22(23(25)26-21)16(2)19-12-8-5-9-13-19/h4-13,15-16,18,24H,3,14H2,1-2H3/t16-,18+/m0/s1. The molecule has 1 aromatic heterocycles. The summed E-state index contributed by atoms with van der Waals surface area (Å²) in [6, 6.07) is 21.4. The maximum atomic E-state index is 12.6. The SMILES string of the molecule is CC[C@H](Cc1ccccc1)c1cc(O)c([C@@H](C)c2ccccc2)c(=O)o1. The third-order valence-corrected chi connectivity index (χ3v) is 4.94. The first-order chi connectivity index (χ1) is 12.6. The molecule has 0 saturated carbocycles. The molecule has 0 spiro atoms. The fourth-order valence-corrected chi connectivity index (χ4v) is 3.36. The normalized spacial score (nSPS) is 13.3. The first kappa shape index (κ1) is 18.0. The Kier molecular flexibility index (Phi) is 5.57. The molecule has 2 aromatic carbocycles. The largest absolute Gasteiger partial charge is 0.507 e. The van der Waals surface area contributed by atoms with Gasteiger partial charge in [-0.3, -0.25) is 0 Å². The van der Waals surface area contributed by atoms with Crippen molar-refractivity contribution in [3.8, 4) is 5.75 Å². The highest BCUT2D eigenvalue weighted by molar-refractivity contribution is 5.39. The highest BCUT2D eigenvalue weighted by atomic mass is 16.4. The van der Waals surface area contributed by atoms with Crippen LogP contribution in [-0.2, 0) is 6.42 Å². The topological polar surface area (TPSA) is 50.4 Å². The zero-order chi connectivity index (χ0) is 18.5. The lowest BCUT2D eigenvalue weighted by atomic mass is 9.91. The van der Waals surface area contributed by atoms with Crippen LogP contribution in [0.3, 0.4) is 0 Å². The smallest absolute Gasteiger partial charge is 0.343 e. The van der Waals surface area contributed by atoms with Crippen LogP contribution in [0.1, 0.15) is 54.6 Å². The van der Waals surface area contributed by atoms with Gasteiger partial charge in [-0.2, -0.15) is 0 Å². The van der Waals surface area contributed by atoms with E-state index in [1.54, 1.807) is 6.07 Å². The molecule has 1 N–H and O–H groups in total. The molecule has 3 rings (SSSR count). The lowest BCUT2D eigenvalue weighted by molar-refractivity contribution is 0.383. The summed E-state index contributed by atoms with van der Waals surface area (Å²) >= 11 is 0. The van der Waals surface area contributed by atoms with Crippen molar-refractivity contribution >= 4 is 0 Å². The monoisotopic (exact) mass is 348 g/mol. The molecule has 0 aliphatic carbocycles. The van der Waals surface area contributed by atoms with Gasteiger partial charge in [-0.1, -0.05) is 74.5 Å². The fourth-order valence-electron chi connectivity index (χ4n) is 3.36. The van der Waals surface area contributed by atoms with E-state index in [-0.39, 0.29) is 17.6 Å². The molecule has 3 nitrogen and oxygen atoms in total. The summed E-state index contributed by atoms with van der Waals surface area (Å²) < 4.78 is 5.64. The molecule has 0 amide bonds. The van der Waals surface area contributed by atoms with E-state index in [1.807, 2.05) is 55.5 Å². The van der Waals surface area contributed by atoms with Crippen LogP contribution in [0.2, 0.25) is 0 Å². The van der Waals surface area contributed by atoms with Gasteiger partial charge < -0.3 is 9.52 Å². The molecule has 1 heterocycles. The summed E-state index contributed by atoms with van der Waals surface area (Å²) in [6.07, 6.45) is 1.60. The summed E-state index contributed by atoms with van der Waals surface area (Å²) in [7, 11) is 0. The van der Waals surface area contributed by atoms with E-state index >= 15 is 0 Å². The van der Waals surface area contributed by atoms with Crippen LogP contribution >= 0.6 is 0 Å².